The fourth-order valence-electron chi connectivity index (χ4n) is 2.84. The second-order valence-electron chi connectivity index (χ2n) is 5.87. The minimum absolute atomic E-state index is 0.0261. The van der Waals surface area contributed by atoms with Gasteiger partial charge in [0, 0.05) is 19.5 Å². The molecule has 23 heavy (non-hydrogen) atoms. The van der Waals surface area contributed by atoms with Crippen LogP contribution in [0.5, 0.6) is 0 Å². The normalized spacial score (nSPS) is 18.7. The highest BCUT2D eigenvalue weighted by Gasteiger charge is 2.33. The lowest BCUT2D eigenvalue weighted by Crippen LogP contribution is -2.55. The topological polar surface area (TPSA) is 65.2 Å². The molecule has 0 aliphatic carbocycles. The maximum Gasteiger partial charge on any atom is 0.231 e. The summed E-state index contributed by atoms with van der Waals surface area (Å²) in [6, 6.07) is 8.18. The number of aryl methyl sites for hydroxylation is 1. The Morgan fingerprint density at radius 2 is 2.13 bits per heavy atom. The van der Waals surface area contributed by atoms with Crippen LogP contribution in [0.3, 0.4) is 0 Å². The molecule has 2 aromatic rings. The minimum atomic E-state index is -0.0502. The van der Waals surface area contributed by atoms with Crippen molar-refractivity contribution in [2.24, 2.45) is 0 Å². The van der Waals surface area contributed by atoms with Crippen LogP contribution in [0.15, 0.2) is 36.7 Å². The van der Waals surface area contributed by atoms with Crippen molar-refractivity contribution in [3.8, 4) is 5.69 Å². The van der Waals surface area contributed by atoms with E-state index in [1.807, 2.05) is 34.8 Å². The maximum atomic E-state index is 11.8. The zero-order valence-corrected chi connectivity index (χ0v) is 13.7. The van der Waals surface area contributed by atoms with E-state index < -0.39 is 0 Å². The number of benzene rings is 1. The Balaban J connectivity index is 1.92. The van der Waals surface area contributed by atoms with Crippen LogP contribution < -0.4 is 4.90 Å². The van der Waals surface area contributed by atoms with Crippen molar-refractivity contribution >= 4 is 17.6 Å². The van der Waals surface area contributed by atoms with Crippen molar-refractivity contribution in [1.82, 2.24) is 14.7 Å². The number of nitrogens with one attached hydrogen (secondary N) is 1. The summed E-state index contributed by atoms with van der Waals surface area (Å²) in [6.07, 6.45) is 5.02. The van der Waals surface area contributed by atoms with Crippen LogP contribution in [0.4, 0.5) is 5.69 Å². The van der Waals surface area contributed by atoms with E-state index in [4.69, 9.17) is 5.41 Å². The van der Waals surface area contributed by atoms with Gasteiger partial charge in [0.15, 0.2) is 0 Å². The molecule has 1 saturated heterocycles. The van der Waals surface area contributed by atoms with Gasteiger partial charge >= 0.3 is 0 Å². The second-order valence-corrected chi connectivity index (χ2v) is 5.87. The van der Waals surface area contributed by atoms with E-state index in [9.17, 15) is 4.79 Å². The van der Waals surface area contributed by atoms with Crippen LogP contribution in [0.1, 0.15) is 25.8 Å². The molecule has 1 aliphatic rings. The van der Waals surface area contributed by atoms with Crippen LogP contribution >= 0.6 is 0 Å². The van der Waals surface area contributed by atoms with Gasteiger partial charge in [0.2, 0.25) is 11.9 Å². The highest BCUT2D eigenvalue weighted by atomic mass is 16.2. The minimum Gasteiger partial charge on any atom is -0.306 e. The van der Waals surface area contributed by atoms with E-state index in [1.165, 1.54) is 10.5 Å². The predicted octanol–water partition coefficient (Wildman–Crippen LogP) is 2.43. The van der Waals surface area contributed by atoms with Gasteiger partial charge in [0.1, 0.15) is 0 Å². The van der Waals surface area contributed by atoms with Crippen molar-refractivity contribution in [3.05, 3.63) is 42.2 Å². The quantitative estimate of drug-likeness (QED) is 0.947. The van der Waals surface area contributed by atoms with Gasteiger partial charge in [-0.25, -0.2) is 4.68 Å². The summed E-state index contributed by atoms with van der Waals surface area (Å²) in [6.45, 7) is 4.08. The van der Waals surface area contributed by atoms with Crippen LogP contribution in [-0.2, 0) is 11.2 Å². The molecule has 0 unspecified atom stereocenters. The molecule has 1 fully saturated rings. The van der Waals surface area contributed by atoms with Gasteiger partial charge < -0.3 is 4.90 Å². The van der Waals surface area contributed by atoms with Gasteiger partial charge in [-0.05, 0) is 31.0 Å². The molecule has 6 heteroatoms. The molecule has 1 amide bonds. The molecule has 2 heterocycles. The van der Waals surface area contributed by atoms with Crippen molar-refractivity contribution < 1.29 is 4.79 Å². The van der Waals surface area contributed by atoms with Gasteiger partial charge in [0.25, 0.3) is 0 Å². The molecular weight excluding hydrogens is 290 g/mol. The van der Waals surface area contributed by atoms with E-state index in [1.54, 1.807) is 13.2 Å². The molecule has 120 valence electrons. The van der Waals surface area contributed by atoms with Crippen molar-refractivity contribution in [1.29, 1.82) is 5.41 Å². The first-order valence-electron chi connectivity index (χ1n) is 7.79. The number of guanidine groups is 1. The van der Waals surface area contributed by atoms with Crippen LogP contribution in [0, 0.1) is 5.41 Å². The van der Waals surface area contributed by atoms with Gasteiger partial charge in [0.05, 0.1) is 23.8 Å². The van der Waals surface area contributed by atoms with Crippen LogP contribution in [-0.4, -0.2) is 39.6 Å². The molecular formula is C17H21N5O. The fourth-order valence-corrected chi connectivity index (χ4v) is 2.84. The number of anilines is 1. The Labute approximate surface area is 135 Å². The smallest absolute Gasteiger partial charge is 0.231 e. The average Bonchev–Trinajstić information content (AvgIpc) is 3.02. The number of hydrogen-bond acceptors (Lipinski definition) is 3. The van der Waals surface area contributed by atoms with Gasteiger partial charge in [-0.3, -0.25) is 15.1 Å². The first kappa shape index (κ1) is 15.3. The molecule has 1 aliphatic heterocycles. The molecule has 1 N–H and O–H groups in total. The van der Waals surface area contributed by atoms with Gasteiger partial charge in [-0.2, -0.15) is 5.10 Å². The largest absolute Gasteiger partial charge is 0.306 e. The van der Waals surface area contributed by atoms with Crippen LogP contribution in [0.25, 0.3) is 5.69 Å². The molecule has 0 saturated carbocycles. The Bertz CT molecular complexity index is 751. The summed E-state index contributed by atoms with van der Waals surface area (Å²) >= 11 is 0. The molecule has 0 spiro atoms. The third-order valence-corrected chi connectivity index (χ3v) is 4.26. The van der Waals surface area contributed by atoms with Gasteiger partial charge in [-0.1, -0.05) is 19.1 Å². The van der Waals surface area contributed by atoms with E-state index >= 15 is 0 Å². The first-order valence-corrected chi connectivity index (χ1v) is 7.79. The third kappa shape index (κ3) is 2.72. The lowest BCUT2D eigenvalue weighted by atomic mass is 10.1. The summed E-state index contributed by atoms with van der Waals surface area (Å²) in [5, 5.41) is 12.6. The monoisotopic (exact) mass is 311 g/mol. The molecule has 1 atom stereocenters. The van der Waals surface area contributed by atoms with Crippen LogP contribution in [0.2, 0.25) is 0 Å². The molecule has 1 aromatic carbocycles. The Hall–Kier alpha value is -2.63. The van der Waals surface area contributed by atoms with Gasteiger partial charge in [-0.15, -0.1) is 0 Å². The predicted molar refractivity (Wildman–Crippen MR) is 90.0 cm³/mol. The second kappa shape index (κ2) is 5.87. The fraction of sp³-hybridized carbons (Fsp3) is 0.353. The molecule has 3 rings (SSSR count). The number of carbonyl (C=O) groups is 1. The Kier molecular flexibility index (Phi) is 3.90. The average molecular weight is 311 g/mol. The summed E-state index contributed by atoms with van der Waals surface area (Å²) < 4.78 is 1.81. The summed E-state index contributed by atoms with van der Waals surface area (Å²) in [5.41, 5.74) is 3.07. The Morgan fingerprint density at radius 1 is 1.35 bits per heavy atom. The highest BCUT2D eigenvalue weighted by molar-refractivity contribution is 6.07. The SMILES string of the molecule is CCc1cccc(-n2cc(N3C(=N)N(C)C(=O)C[C@@H]3C)cn2)c1. The molecule has 6 nitrogen and oxygen atoms in total. The van der Waals surface area contributed by atoms with E-state index in [2.05, 4.69) is 24.2 Å². The summed E-state index contributed by atoms with van der Waals surface area (Å²) in [7, 11) is 1.64. The van der Waals surface area contributed by atoms with E-state index in [0.717, 1.165) is 17.8 Å². The number of rotatable bonds is 3. The maximum absolute atomic E-state index is 11.8. The zero-order valence-electron chi connectivity index (χ0n) is 13.7. The van der Waals surface area contributed by atoms with E-state index in [-0.39, 0.29) is 17.9 Å². The standard InChI is InChI=1S/C17H21N5O/c1-4-13-6-5-7-14(9-13)21-11-15(10-19-21)22-12(2)8-16(23)20(3)17(22)18/h5-7,9-12,18H,4,8H2,1-3H3/t12-/m0/s1. The zero-order chi connectivity index (χ0) is 16.6. The first-order chi connectivity index (χ1) is 11.0. The number of hydrogen-bond donors (Lipinski definition) is 1. The number of nitrogens with zero attached hydrogens (tertiary/aromatic N) is 4. The number of carbonyl (C=O) groups excluding carboxylic acids is 1. The lowest BCUT2D eigenvalue weighted by Gasteiger charge is -2.38. The van der Waals surface area contributed by atoms with Crippen molar-refractivity contribution in [2.75, 3.05) is 11.9 Å². The number of amides is 1. The summed E-state index contributed by atoms with van der Waals surface area (Å²) in [4.78, 5) is 15.1. The Morgan fingerprint density at radius 3 is 2.87 bits per heavy atom. The van der Waals surface area contributed by atoms with E-state index in [0.29, 0.717) is 6.42 Å². The number of aromatic nitrogens is 2. The van der Waals surface area contributed by atoms with Crippen molar-refractivity contribution in [2.45, 2.75) is 32.7 Å². The molecule has 0 bridgehead atoms. The summed E-state index contributed by atoms with van der Waals surface area (Å²) in [5.74, 6) is 0.164. The third-order valence-electron chi connectivity index (χ3n) is 4.26. The lowest BCUT2D eigenvalue weighted by molar-refractivity contribution is -0.127. The molecule has 0 radical (unpaired) electrons. The molecule has 1 aromatic heterocycles. The highest BCUT2D eigenvalue weighted by Crippen LogP contribution is 2.24. The van der Waals surface area contributed by atoms with Crippen molar-refractivity contribution in [3.63, 3.8) is 0 Å².